The van der Waals surface area contributed by atoms with Gasteiger partial charge in [0.05, 0.1) is 11.0 Å². The SMILES string of the molecule is CC(C)(C)c1nc2cc(CCc3ccnc(OC(F)F)c3)ccc2n1CC1CCOCC1. The molecule has 0 aliphatic carbocycles. The summed E-state index contributed by atoms with van der Waals surface area (Å²) in [7, 11) is 0. The Kier molecular flexibility index (Phi) is 6.74. The number of halogens is 2. The predicted octanol–water partition coefficient (Wildman–Crippen LogP) is 5.54. The van der Waals surface area contributed by atoms with Gasteiger partial charge in [0.25, 0.3) is 0 Å². The van der Waals surface area contributed by atoms with Gasteiger partial charge in [-0.05, 0) is 60.9 Å². The largest absolute Gasteiger partial charge is 0.417 e. The maximum atomic E-state index is 12.4. The smallest absolute Gasteiger partial charge is 0.388 e. The molecular formula is C25H31F2N3O2. The Balaban J connectivity index is 1.55. The average molecular weight is 444 g/mol. The third kappa shape index (κ3) is 5.44. The summed E-state index contributed by atoms with van der Waals surface area (Å²) in [6.07, 6.45) is 5.17. The van der Waals surface area contributed by atoms with Crippen LogP contribution in [-0.2, 0) is 29.5 Å². The van der Waals surface area contributed by atoms with Gasteiger partial charge >= 0.3 is 6.61 Å². The minimum absolute atomic E-state index is 0.0466. The van der Waals surface area contributed by atoms with Crippen molar-refractivity contribution < 1.29 is 18.3 Å². The summed E-state index contributed by atoms with van der Waals surface area (Å²) in [5, 5.41) is 0. The van der Waals surface area contributed by atoms with E-state index in [0.29, 0.717) is 12.3 Å². The number of pyridine rings is 1. The summed E-state index contributed by atoms with van der Waals surface area (Å²) in [5.74, 6) is 1.67. The molecule has 0 bridgehead atoms. The summed E-state index contributed by atoms with van der Waals surface area (Å²) in [6.45, 7) is 6.40. The van der Waals surface area contributed by atoms with E-state index in [1.807, 2.05) is 6.07 Å². The molecule has 1 aromatic carbocycles. The lowest BCUT2D eigenvalue weighted by Gasteiger charge is -2.26. The Morgan fingerprint density at radius 1 is 1.09 bits per heavy atom. The molecule has 3 aromatic rings. The van der Waals surface area contributed by atoms with E-state index in [4.69, 9.17) is 9.72 Å². The van der Waals surface area contributed by atoms with Gasteiger partial charge in [-0.15, -0.1) is 0 Å². The molecule has 1 saturated heterocycles. The molecule has 172 valence electrons. The Morgan fingerprint density at radius 3 is 2.50 bits per heavy atom. The number of benzene rings is 1. The van der Waals surface area contributed by atoms with Gasteiger partial charge in [0.15, 0.2) is 0 Å². The minimum Gasteiger partial charge on any atom is -0.417 e. The lowest BCUT2D eigenvalue weighted by atomic mass is 9.94. The monoisotopic (exact) mass is 443 g/mol. The third-order valence-electron chi connectivity index (χ3n) is 5.98. The zero-order valence-corrected chi connectivity index (χ0v) is 19.0. The molecule has 0 radical (unpaired) electrons. The number of ether oxygens (including phenoxy) is 2. The predicted molar refractivity (Wildman–Crippen MR) is 120 cm³/mol. The van der Waals surface area contributed by atoms with Gasteiger partial charge in [-0.2, -0.15) is 8.78 Å². The molecule has 7 heteroatoms. The van der Waals surface area contributed by atoms with Crippen LogP contribution in [0.1, 0.15) is 50.6 Å². The quantitative estimate of drug-likeness (QED) is 0.481. The number of nitrogens with zero attached hydrogens (tertiary/aromatic N) is 3. The Morgan fingerprint density at radius 2 is 1.81 bits per heavy atom. The van der Waals surface area contributed by atoms with Crippen molar-refractivity contribution in [2.24, 2.45) is 5.92 Å². The number of fused-ring (bicyclic) bond motifs is 1. The van der Waals surface area contributed by atoms with Crippen molar-refractivity contribution >= 4 is 11.0 Å². The fraction of sp³-hybridized carbons (Fsp3) is 0.520. The first kappa shape index (κ1) is 22.6. The molecule has 1 aliphatic heterocycles. The molecule has 0 unspecified atom stereocenters. The van der Waals surface area contributed by atoms with Gasteiger partial charge in [0.2, 0.25) is 5.88 Å². The number of hydrogen-bond donors (Lipinski definition) is 0. The van der Waals surface area contributed by atoms with Gasteiger partial charge in [-0.1, -0.05) is 26.8 Å². The van der Waals surface area contributed by atoms with Crippen LogP contribution >= 0.6 is 0 Å². The van der Waals surface area contributed by atoms with Crippen LogP contribution in [0.4, 0.5) is 8.78 Å². The second kappa shape index (κ2) is 9.53. The van der Waals surface area contributed by atoms with Crippen LogP contribution in [0.25, 0.3) is 11.0 Å². The van der Waals surface area contributed by atoms with E-state index >= 15 is 0 Å². The first-order valence-corrected chi connectivity index (χ1v) is 11.3. The highest BCUT2D eigenvalue weighted by Gasteiger charge is 2.25. The minimum atomic E-state index is -2.87. The van der Waals surface area contributed by atoms with E-state index < -0.39 is 6.61 Å². The summed E-state index contributed by atoms with van der Waals surface area (Å²) in [6, 6.07) is 9.88. The Hall–Kier alpha value is -2.54. The number of aryl methyl sites for hydroxylation is 2. The van der Waals surface area contributed by atoms with Gasteiger partial charge < -0.3 is 14.0 Å². The fourth-order valence-corrected chi connectivity index (χ4v) is 4.33. The normalized spacial score (nSPS) is 15.6. The van der Waals surface area contributed by atoms with Gasteiger partial charge in [0.1, 0.15) is 5.82 Å². The lowest BCUT2D eigenvalue weighted by Crippen LogP contribution is -2.25. The standard InChI is InChI=1S/C25H31F2N3O2/c1-25(2,3)23-29-20-14-17(4-5-18-8-11-28-22(15-18)32-24(26)27)6-7-21(20)30(23)16-19-9-12-31-13-10-19/h6-8,11,14-15,19,24H,4-5,9-10,12-13,16H2,1-3H3. The summed E-state index contributed by atoms with van der Waals surface area (Å²) in [5.41, 5.74) is 4.21. The topological polar surface area (TPSA) is 49.2 Å². The Labute approximate surface area is 187 Å². The van der Waals surface area contributed by atoms with E-state index in [1.54, 1.807) is 6.07 Å². The van der Waals surface area contributed by atoms with Crippen LogP contribution in [0.3, 0.4) is 0 Å². The first-order valence-electron chi connectivity index (χ1n) is 11.3. The van der Waals surface area contributed by atoms with E-state index in [2.05, 4.69) is 53.3 Å². The Bertz CT molecular complexity index is 1050. The molecular weight excluding hydrogens is 412 g/mol. The van der Waals surface area contributed by atoms with E-state index in [0.717, 1.165) is 55.9 Å². The number of alkyl halides is 2. The molecule has 0 N–H and O–H groups in total. The molecule has 4 rings (SSSR count). The van der Waals surface area contributed by atoms with Crippen molar-refractivity contribution in [2.75, 3.05) is 13.2 Å². The summed E-state index contributed by atoms with van der Waals surface area (Å²) in [4.78, 5) is 8.87. The van der Waals surface area contributed by atoms with Crippen molar-refractivity contribution in [3.05, 3.63) is 53.5 Å². The zero-order chi connectivity index (χ0) is 22.7. The second-order valence-electron chi connectivity index (χ2n) is 9.56. The first-order chi connectivity index (χ1) is 15.3. The van der Waals surface area contributed by atoms with Crippen LogP contribution in [0.2, 0.25) is 0 Å². The second-order valence-corrected chi connectivity index (χ2v) is 9.56. The van der Waals surface area contributed by atoms with Crippen LogP contribution < -0.4 is 4.74 Å². The number of aromatic nitrogens is 3. The highest BCUT2D eigenvalue weighted by Crippen LogP contribution is 2.30. The van der Waals surface area contributed by atoms with Crippen molar-refractivity contribution in [3.63, 3.8) is 0 Å². The molecule has 1 fully saturated rings. The van der Waals surface area contributed by atoms with E-state index in [1.165, 1.54) is 17.3 Å². The molecule has 0 atom stereocenters. The zero-order valence-electron chi connectivity index (χ0n) is 19.0. The maximum absolute atomic E-state index is 12.4. The molecule has 0 saturated carbocycles. The van der Waals surface area contributed by atoms with Crippen LogP contribution in [0.5, 0.6) is 5.88 Å². The molecule has 2 aromatic heterocycles. The maximum Gasteiger partial charge on any atom is 0.388 e. The molecule has 0 amide bonds. The molecule has 3 heterocycles. The number of rotatable bonds is 7. The molecule has 32 heavy (non-hydrogen) atoms. The molecule has 1 aliphatic rings. The number of imidazole rings is 1. The summed E-state index contributed by atoms with van der Waals surface area (Å²) < 4.78 is 37.2. The van der Waals surface area contributed by atoms with Crippen LogP contribution in [0.15, 0.2) is 36.5 Å². The van der Waals surface area contributed by atoms with Crippen LogP contribution in [0, 0.1) is 5.92 Å². The molecule has 5 nitrogen and oxygen atoms in total. The van der Waals surface area contributed by atoms with Crippen molar-refractivity contribution in [3.8, 4) is 5.88 Å². The average Bonchev–Trinajstić information content (AvgIpc) is 3.11. The highest BCUT2D eigenvalue weighted by atomic mass is 19.3. The molecule has 0 spiro atoms. The van der Waals surface area contributed by atoms with E-state index in [-0.39, 0.29) is 11.3 Å². The van der Waals surface area contributed by atoms with Crippen LogP contribution in [-0.4, -0.2) is 34.4 Å². The van der Waals surface area contributed by atoms with Gasteiger partial charge in [-0.3, -0.25) is 0 Å². The van der Waals surface area contributed by atoms with Gasteiger partial charge in [0, 0.05) is 37.4 Å². The van der Waals surface area contributed by atoms with E-state index in [9.17, 15) is 8.78 Å². The van der Waals surface area contributed by atoms with Gasteiger partial charge in [-0.25, -0.2) is 9.97 Å². The number of hydrogen-bond acceptors (Lipinski definition) is 4. The summed E-state index contributed by atoms with van der Waals surface area (Å²) >= 11 is 0. The van der Waals surface area contributed by atoms with Crippen molar-refractivity contribution in [1.29, 1.82) is 0 Å². The third-order valence-corrected chi connectivity index (χ3v) is 5.98. The van der Waals surface area contributed by atoms with Crippen molar-refractivity contribution in [1.82, 2.24) is 14.5 Å². The highest BCUT2D eigenvalue weighted by molar-refractivity contribution is 5.77. The lowest BCUT2D eigenvalue weighted by molar-refractivity contribution is -0.0528. The van der Waals surface area contributed by atoms with Crippen molar-refractivity contribution in [2.45, 2.75) is 65.0 Å². The fourth-order valence-electron chi connectivity index (χ4n) is 4.33.